The molecule has 7 nitrogen and oxygen atoms in total. The van der Waals surface area contributed by atoms with E-state index < -0.39 is 11.9 Å². The number of para-hydroxylation sites is 1. The second-order valence-electron chi connectivity index (χ2n) is 9.97. The van der Waals surface area contributed by atoms with Gasteiger partial charge >= 0.3 is 5.97 Å². The summed E-state index contributed by atoms with van der Waals surface area (Å²) >= 11 is 1.62. The Balaban J connectivity index is 1.41. The van der Waals surface area contributed by atoms with Crippen molar-refractivity contribution in [3.8, 4) is 5.75 Å². The maximum absolute atomic E-state index is 13.8. The standard InChI is InChI=1S/C32H27NO6S/c1-18-28(32(36)39-16-19-9-11-21(37-2)12-10-19)29(23-17-38-26-7-4-3-6-22(26)31(23)35)30-24(33-18)14-20(15-25(30)34)27-8-5-13-40-27/h3-13,17,20,29,33H,14-16H2,1-2H3/t20-,29-/m1/s1. The highest BCUT2D eigenvalue weighted by Gasteiger charge is 2.43. The lowest BCUT2D eigenvalue weighted by molar-refractivity contribution is -0.140. The quantitative estimate of drug-likeness (QED) is 0.294. The van der Waals surface area contributed by atoms with Crippen molar-refractivity contribution in [3.63, 3.8) is 0 Å². The van der Waals surface area contributed by atoms with E-state index in [4.69, 9.17) is 13.9 Å². The Bertz CT molecular complexity index is 1730. The first-order chi connectivity index (χ1) is 19.4. The van der Waals surface area contributed by atoms with Crippen LogP contribution in [0.15, 0.2) is 104 Å². The average Bonchev–Trinajstić information content (AvgIpc) is 3.51. The van der Waals surface area contributed by atoms with Gasteiger partial charge in [-0.3, -0.25) is 9.59 Å². The number of allylic oxidation sites excluding steroid dienone is 3. The second-order valence-corrected chi connectivity index (χ2v) is 11.0. The number of hydrogen-bond acceptors (Lipinski definition) is 8. The Morgan fingerprint density at radius 3 is 2.60 bits per heavy atom. The molecular formula is C32H27NO6S. The van der Waals surface area contributed by atoms with Gasteiger partial charge in [-0.1, -0.05) is 30.3 Å². The molecule has 3 heterocycles. The predicted molar refractivity (Wildman–Crippen MR) is 152 cm³/mol. The second kappa shape index (κ2) is 10.6. The van der Waals surface area contributed by atoms with Gasteiger partial charge in [-0.2, -0.15) is 0 Å². The van der Waals surface area contributed by atoms with E-state index in [0.29, 0.717) is 40.8 Å². The molecule has 2 aromatic heterocycles. The molecule has 1 N–H and O–H groups in total. The van der Waals surface area contributed by atoms with Gasteiger partial charge in [0.1, 0.15) is 17.9 Å². The van der Waals surface area contributed by atoms with Crippen LogP contribution in [-0.2, 0) is 20.9 Å². The molecule has 0 fully saturated rings. The molecule has 40 heavy (non-hydrogen) atoms. The van der Waals surface area contributed by atoms with Gasteiger partial charge in [0.05, 0.1) is 30.3 Å². The van der Waals surface area contributed by atoms with Crippen LogP contribution < -0.4 is 15.5 Å². The van der Waals surface area contributed by atoms with E-state index in [0.717, 1.165) is 16.1 Å². The van der Waals surface area contributed by atoms with E-state index in [1.165, 1.54) is 6.26 Å². The number of nitrogens with one attached hydrogen (secondary N) is 1. The molecular weight excluding hydrogens is 526 g/mol. The number of methoxy groups -OCH3 is 1. The number of benzene rings is 2. The van der Waals surface area contributed by atoms with Crippen LogP contribution in [0.4, 0.5) is 0 Å². The molecule has 2 atom stereocenters. The van der Waals surface area contributed by atoms with Crippen LogP contribution in [0.3, 0.4) is 0 Å². The van der Waals surface area contributed by atoms with Gasteiger partial charge in [0, 0.05) is 39.7 Å². The summed E-state index contributed by atoms with van der Waals surface area (Å²) in [7, 11) is 1.59. The number of fused-ring (bicyclic) bond motifs is 1. The lowest BCUT2D eigenvalue weighted by Gasteiger charge is -2.36. The van der Waals surface area contributed by atoms with Crippen LogP contribution in [0.1, 0.15) is 47.6 Å². The fourth-order valence-electron chi connectivity index (χ4n) is 5.59. The van der Waals surface area contributed by atoms with Gasteiger partial charge in [-0.25, -0.2) is 4.79 Å². The van der Waals surface area contributed by atoms with Crippen molar-refractivity contribution in [2.24, 2.45) is 0 Å². The summed E-state index contributed by atoms with van der Waals surface area (Å²) < 4.78 is 16.8. The molecule has 8 heteroatoms. The molecule has 202 valence electrons. The summed E-state index contributed by atoms with van der Waals surface area (Å²) in [6.07, 6.45) is 2.28. The number of hydrogen-bond donors (Lipinski definition) is 1. The zero-order valence-corrected chi connectivity index (χ0v) is 22.9. The highest BCUT2D eigenvalue weighted by Crippen LogP contribution is 2.46. The third kappa shape index (κ3) is 4.64. The number of Topliss-reactive ketones (excluding diaryl/α,β-unsaturated/α-hetero) is 1. The predicted octanol–water partition coefficient (Wildman–Crippen LogP) is 5.97. The van der Waals surface area contributed by atoms with Crippen molar-refractivity contribution in [3.05, 3.63) is 121 Å². The van der Waals surface area contributed by atoms with Crippen molar-refractivity contribution in [1.29, 1.82) is 0 Å². The molecule has 0 unspecified atom stereocenters. The zero-order chi connectivity index (χ0) is 27.8. The number of ether oxygens (including phenoxy) is 2. The van der Waals surface area contributed by atoms with Gasteiger partial charge in [0.2, 0.25) is 0 Å². The smallest absolute Gasteiger partial charge is 0.337 e. The number of thiophene rings is 1. The summed E-state index contributed by atoms with van der Waals surface area (Å²) in [5, 5.41) is 5.73. The van der Waals surface area contributed by atoms with Crippen molar-refractivity contribution in [2.45, 2.75) is 38.2 Å². The minimum absolute atomic E-state index is 0.0267. The van der Waals surface area contributed by atoms with Crippen LogP contribution in [0.5, 0.6) is 5.75 Å². The highest BCUT2D eigenvalue weighted by atomic mass is 32.1. The molecule has 0 bridgehead atoms. The van der Waals surface area contributed by atoms with Crippen LogP contribution in [-0.4, -0.2) is 18.9 Å². The van der Waals surface area contributed by atoms with E-state index in [9.17, 15) is 14.4 Å². The molecule has 0 saturated carbocycles. The monoisotopic (exact) mass is 553 g/mol. The van der Waals surface area contributed by atoms with E-state index in [2.05, 4.69) is 5.32 Å². The fraction of sp³-hybridized carbons (Fsp3) is 0.219. The number of ketones is 1. The highest BCUT2D eigenvalue weighted by molar-refractivity contribution is 7.10. The summed E-state index contributed by atoms with van der Waals surface area (Å²) in [6.45, 7) is 1.81. The van der Waals surface area contributed by atoms with Gasteiger partial charge in [-0.05, 0) is 54.6 Å². The summed E-state index contributed by atoms with van der Waals surface area (Å²) in [5.74, 6) is -0.874. The lowest BCUT2D eigenvalue weighted by atomic mass is 9.73. The van der Waals surface area contributed by atoms with E-state index in [-0.39, 0.29) is 34.9 Å². The summed E-state index contributed by atoms with van der Waals surface area (Å²) in [5.41, 5.74) is 3.14. The van der Waals surface area contributed by atoms with E-state index in [1.54, 1.807) is 61.8 Å². The minimum atomic E-state index is -0.905. The Morgan fingerprint density at radius 2 is 1.85 bits per heavy atom. The largest absolute Gasteiger partial charge is 0.497 e. The first-order valence-corrected chi connectivity index (χ1v) is 13.9. The van der Waals surface area contributed by atoms with Crippen LogP contribution >= 0.6 is 11.3 Å². The topological polar surface area (TPSA) is 94.8 Å². The zero-order valence-electron chi connectivity index (χ0n) is 22.1. The Labute approximate surface area is 234 Å². The molecule has 0 spiro atoms. The third-order valence-electron chi connectivity index (χ3n) is 7.54. The summed E-state index contributed by atoms with van der Waals surface area (Å²) in [4.78, 5) is 42.4. The number of esters is 1. The van der Waals surface area contributed by atoms with E-state index in [1.807, 2.05) is 29.6 Å². The molecule has 2 aliphatic rings. The van der Waals surface area contributed by atoms with Crippen molar-refractivity contribution in [1.82, 2.24) is 5.32 Å². The number of carbonyl (C=O) groups excluding carboxylic acids is 2. The Hall–Kier alpha value is -4.43. The van der Waals surface area contributed by atoms with Crippen LogP contribution in [0, 0.1) is 0 Å². The molecule has 1 aliphatic heterocycles. The Kier molecular flexibility index (Phi) is 6.86. The fourth-order valence-corrected chi connectivity index (χ4v) is 6.42. The van der Waals surface area contributed by atoms with Gasteiger partial charge < -0.3 is 19.2 Å². The van der Waals surface area contributed by atoms with Crippen molar-refractivity contribution < 1.29 is 23.5 Å². The van der Waals surface area contributed by atoms with Crippen molar-refractivity contribution in [2.75, 3.05) is 7.11 Å². The first kappa shape index (κ1) is 25.8. The number of dihydropyridines is 1. The van der Waals surface area contributed by atoms with Gasteiger partial charge in [0.25, 0.3) is 0 Å². The van der Waals surface area contributed by atoms with Gasteiger partial charge in [0.15, 0.2) is 11.2 Å². The summed E-state index contributed by atoms with van der Waals surface area (Å²) in [6, 6.07) is 18.2. The maximum Gasteiger partial charge on any atom is 0.337 e. The molecule has 6 rings (SSSR count). The van der Waals surface area contributed by atoms with Crippen LogP contribution in [0.25, 0.3) is 11.0 Å². The SMILES string of the molecule is COc1ccc(COC(=O)C2=C(C)NC3=C(C(=O)C[C@H](c4cccs4)C3)[C@@H]2c2coc3ccccc3c2=O)cc1. The molecule has 2 aromatic carbocycles. The molecule has 1 aliphatic carbocycles. The molecule has 0 radical (unpaired) electrons. The molecule has 0 saturated heterocycles. The normalized spacial score (nSPS) is 18.9. The third-order valence-corrected chi connectivity index (χ3v) is 8.57. The van der Waals surface area contributed by atoms with E-state index >= 15 is 0 Å². The Morgan fingerprint density at radius 1 is 1.05 bits per heavy atom. The molecule has 4 aromatic rings. The first-order valence-electron chi connectivity index (χ1n) is 13.0. The van der Waals surface area contributed by atoms with Crippen molar-refractivity contribution >= 4 is 34.1 Å². The average molecular weight is 554 g/mol. The van der Waals surface area contributed by atoms with Crippen LogP contribution in [0.2, 0.25) is 0 Å². The maximum atomic E-state index is 13.8. The molecule has 0 amide bonds. The number of rotatable bonds is 6. The minimum Gasteiger partial charge on any atom is -0.497 e. The number of carbonyl (C=O) groups is 2. The van der Waals surface area contributed by atoms with Gasteiger partial charge in [-0.15, -0.1) is 11.3 Å². The lowest BCUT2D eigenvalue weighted by Crippen LogP contribution is -2.37.